The monoisotopic (exact) mass is 331 g/mol. The molecule has 0 radical (unpaired) electrons. The van der Waals surface area contributed by atoms with Gasteiger partial charge in [-0.15, -0.1) is 0 Å². The van der Waals surface area contributed by atoms with Crippen LogP contribution in [-0.4, -0.2) is 67.5 Å². The zero-order valence-corrected chi connectivity index (χ0v) is 14.3. The van der Waals surface area contributed by atoms with Crippen LogP contribution in [0, 0.1) is 0 Å². The molecular weight excluding hydrogens is 306 g/mol. The van der Waals surface area contributed by atoms with Crippen LogP contribution in [-0.2, 0) is 16.0 Å². The van der Waals surface area contributed by atoms with E-state index in [9.17, 15) is 9.59 Å². The highest BCUT2D eigenvalue weighted by Gasteiger charge is 2.33. The Balaban J connectivity index is 1.46. The fraction of sp³-hybridized carbons (Fsp3) is 0.556. The summed E-state index contributed by atoms with van der Waals surface area (Å²) in [4.78, 5) is 28.0. The van der Waals surface area contributed by atoms with Crippen LogP contribution in [0.5, 0.6) is 5.75 Å². The number of ether oxygens (including phenoxy) is 1. The zero-order chi connectivity index (χ0) is 17.1. The summed E-state index contributed by atoms with van der Waals surface area (Å²) in [5.41, 5.74) is 1.19. The second kappa shape index (κ2) is 7.21. The highest BCUT2D eigenvalue weighted by molar-refractivity contribution is 5.83. The van der Waals surface area contributed by atoms with E-state index in [0.29, 0.717) is 6.54 Å². The maximum absolute atomic E-state index is 12.2. The predicted octanol–water partition coefficient (Wildman–Crippen LogP) is 0.659. The third-order valence-corrected chi connectivity index (χ3v) is 4.68. The van der Waals surface area contributed by atoms with E-state index in [2.05, 4.69) is 11.4 Å². The first kappa shape index (κ1) is 16.8. The van der Waals surface area contributed by atoms with E-state index in [0.717, 1.165) is 31.6 Å². The van der Waals surface area contributed by atoms with Gasteiger partial charge in [0.15, 0.2) is 0 Å². The number of para-hydroxylation sites is 1. The van der Waals surface area contributed by atoms with Crippen molar-refractivity contribution in [1.29, 1.82) is 0 Å². The van der Waals surface area contributed by atoms with Crippen molar-refractivity contribution >= 4 is 11.8 Å². The van der Waals surface area contributed by atoms with Gasteiger partial charge >= 0.3 is 0 Å². The first-order chi connectivity index (χ1) is 11.5. The molecule has 1 aromatic rings. The standard InChI is InChI=1S/C18H25N3O3/c1-20(2)18(23)15-7-5-9-21(15)12-17(22)19-11-14-10-13-6-3-4-8-16(13)24-14/h3-4,6,8,14-15H,5,7,9-12H2,1-2H3,(H,19,22). The molecule has 6 heteroatoms. The van der Waals surface area contributed by atoms with Crippen LogP contribution in [0.15, 0.2) is 24.3 Å². The minimum Gasteiger partial charge on any atom is -0.488 e. The van der Waals surface area contributed by atoms with Crippen LogP contribution in [0.25, 0.3) is 0 Å². The highest BCUT2D eigenvalue weighted by Crippen LogP contribution is 2.27. The highest BCUT2D eigenvalue weighted by atomic mass is 16.5. The minimum absolute atomic E-state index is 0.0101. The minimum atomic E-state index is -0.169. The lowest BCUT2D eigenvalue weighted by atomic mass is 10.1. The molecule has 2 amide bonds. The van der Waals surface area contributed by atoms with Crippen LogP contribution >= 0.6 is 0 Å². The van der Waals surface area contributed by atoms with Gasteiger partial charge in [0.25, 0.3) is 0 Å². The first-order valence-corrected chi connectivity index (χ1v) is 8.51. The van der Waals surface area contributed by atoms with Crippen molar-refractivity contribution in [2.75, 3.05) is 33.7 Å². The number of carbonyl (C=O) groups is 2. The Hall–Kier alpha value is -2.08. The van der Waals surface area contributed by atoms with Crippen molar-refractivity contribution in [3.05, 3.63) is 29.8 Å². The van der Waals surface area contributed by atoms with E-state index in [1.807, 2.05) is 23.1 Å². The average molecular weight is 331 g/mol. The Kier molecular flexibility index (Phi) is 5.04. The summed E-state index contributed by atoms with van der Waals surface area (Å²) in [7, 11) is 3.52. The Morgan fingerprint density at radius 3 is 2.88 bits per heavy atom. The molecule has 0 saturated carbocycles. The van der Waals surface area contributed by atoms with Gasteiger partial charge in [0, 0.05) is 20.5 Å². The van der Waals surface area contributed by atoms with Crippen molar-refractivity contribution in [3.63, 3.8) is 0 Å². The smallest absolute Gasteiger partial charge is 0.239 e. The average Bonchev–Trinajstić information content (AvgIpc) is 3.18. The number of nitrogens with one attached hydrogen (secondary N) is 1. The number of likely N-dealkylation sites (N-methyl/N-ethyl adjacent to an activating group) is 1. The lowest BCUT2D eigenvalue weighted by Crippen LogP contribution is -2.47. The number of nitrogens with zero attached hydrogens (tertiary/aromatic N) is 2. The first-order valence-electron chi connectivity index (χ1n) is 8.51. The Bertz CT molecular complexity index is 592. The molecule has 1 N–H and O–H groups in total. The number of hydrogen-bond donors (Lipinski definition) is 1. The molecule has 2 unspecified atom stereocenters. The molecule has 2 atom stereocenters. The van der Waals surface area contributed by atoms with Crippen LogP contribution in [0.2, 0.25) is 0 Å². The van der Waals surface area contributed by atoms with Crippen LogP contribution in [0.4, 0.5) is 0 Å². The summed E-state index contributed by atoms with van der Waals surface area (Å²) in [6, 6.07) is 7.79. The van der Waals surface area contributed by atoms with Gasteiger partial charge < -0.3 is 15.0 Å². The van der Waals surface area contributed by atoms with Gasteiger partial charge in [-0.3, -0.25) is 14.5 Å². The van der Waals surface area contributed by atoms with Gasteiger partial charge in [0.1, 0.15) is 11.9 Å². The van der Waals surface area contributed by atoms with E-state index in [1.165, 1.54) is 5.56 Å². The molecule has 0 spiro atoms. The number of rotatable bonds is 5. The summed E-state index contributed by atoms with van der Waals surface area (Å²) >= 11 is 0. The molecule has 0 aromatic heterocycles. The van der Waals surface area contributed by atoms with Gasteiger partial charge in [-0.2, -0.15) is 0 Å². The molecule has 0 bridgehead atoms. The zero-order valence-electron chi connectivity index (χ0n) is 14.3. The molecule has 3 rings (SSSR count). The summed E-state index contributed by atoms with van der Waals surface area (Å²) in [6.45, 7) is 1.56. The normalized spacial score (nSPS) is 22.8. The number of amides is 2. The van der Waals surface area contributed by atoms with Crippen molar-refractivity contribution in [2.45, 2.75) is 31.4 Å². The van der Waals surface area contributed by atoms with Crippen molar-refractivity contribution in [1.82, 2.24) is 15.1 Å². The molecule has 1 saturated heterocycles. The van der Waals surface area contributed by atoms with Crippen molar-refractivity contribution in [2.24, 2.45) is 0 Å². The van der Waals surface area contributed by atoms with E-state index in [4.69, 9.17) is 4.74 Å². The largest absolute Gasteiger partial charge is 0.488 e. The molecule has 2 aliphatic rings. The van der Waals surface area contributed by atoms with Crippen LogP contribution in [0.1, 0.15) is 18.4 Å². The second-order valence-corrected chi connectivity index (χ2v) is 6.72. The summed E-state index contributed by atoms with van der Waals surface area (Å²) < 4.78 is 5.83. The van der Waals surface area contributed by atoms with Crippen molar-refractivity contribution < 1.29 is 14.3 Å². The number of carbonyl (C=O) groups excluding carboxylic acids is 2. The fourth-order valence-corrected chi connectivity index (χ4v) is 3.43. The number of likely N-dealkylation sites (tertiary alicyclic amines) is 1. The SMILES string of the molecule is CN(C)C(=O)C1CCCN1CC(=O)NCC1Cc2ccccc2O1. The van der Waals surface area contributed by atoms with Gasteiger partial charge in [0.2, 0.25) is 11.8 Å². The van der Waals surface area contributed by atoms with E-state index in [-0.39, 0.29) is 30.5 Å². The molecule has 6 nitrogen and oxygen atoms in total. The molecule has 24 heavy (non-hydrogen) atoms. The quantitative estimate of drug-likeness (QED) is 0.861. The van der Waals surface area contributed by atoms with E-state index >= 15 is 0 Å². The van der Waals surface area contributed by atoms with Gasteiger partial charge in [0.05, 0.1) is 19.1 Å². The van der Waals surface area contributed by atoms with E-state index in [1.54, 1.807) is 19.0 Å². The van der Waals surface area contributed by atoms with Crippen molar-refractivity contribution in [3.8, 4) is 5.75 Å². The fourth-order valence-electron chi connectivity index (χ4n) is 3.43. The molecule has 1 aromatic carbocycles. The maximum Gasteiger partial charge on any atom is 0.239 e. The predicted molar refractivity (Wildman–Crippen MR) is 90.9 cm³/mol. The number of benzene rings is 1. The second-order valence-electron chi connectivity index (χ2n) is 6.72. The molecule has 1 fully saturated rings. The van der Waals surface area contributed by atoms with Crippen LogP contribution < -0.4 is 10.1 Å². The summed E-state index contributed by atoms with van der Waals surface area (Å²) in [5, 5.41) is 2.94. The van der Waals surface area contributed by atoms with Gasteiger partial charge in [-0.05, 0) is 31.0 Å². The van der Waals surface area contributed by atoms with Gasteiger partial charge in [-0.1, -0.05) is 18.2 Å². The summed E-state index contributed by atoms with van der Waals surface area (Å²) in [6.07, 6.45) is 2.59. The molecule has 2 heterocycles. The third kappa shape index (κ3) is 3.70. The maximum atomic E-state index is 12.2. The lowest BCUT2D eigenvalue weighted by molar-refractivity contribution is -0.134. The topological polar surface area (TPSA) is 61.9 Å². The Morgan fingerprint density at radius 2 is 2.12 bits per heavy atom. The molecule has 130 valence electrons. The number of hydrogen-bond acceptors (Lipinski definition) is 4. The Labute approximate surface area is 142 Å². The number of fused-ring (bicyclic) bond motifs is 1. The van der Waals surface area contributed by atoms with Gasteiger partial charge in [-0.25, -0.2) is 0 Å². The summed E-state index contributed by atoms with van der Waals surface area (Å²) in [5.74, 6) is 0.941. The van der Waals surface area contributed by atoms with E-state index < -0.39 is 0 Å². The lowest BCUT2D eigenvalue weighted by Gasteiger charge is -2.25. The Morgan fingerprint density at radius 1 is 1.33 bits per heavy atom. The van der Waals surface area contributed by atoms with Crippen LogP contribution in [0.3, 0.4) is 0 Å². The molecular formula is C18H25N3O3. The molecule has 0 aliphatic carbocycles. The molecule has 2 aliphatic heterocycles. The third-order valence-electron chi connectivity index (χ3n) is 4.68.